The second kappa shape index (κ2) is 6.78. The fraction of sp³-hybridized carbons (Fsp3) is 0.462. The zero-order valence-corrected chi connectivity index (χ0v) is 10.5. The van der Waals surface area contributed by atoms with Gasteiger partial charge in [0.1, 0.15) is 5.75 Å². The molecule has 1 unspecified atom stereocenters. The minimum atomic E-state index is -0.185. The van der Waals surface area contributed by atoms with E-state index in [1.54, 1.807) is 14.0 Å². The first-order valence-electron chi connectivity index (χ1n) is 5.72. The van der Waals surface area contributed by atoms with E-state index in [1.165, 1.54) is 0 Å². The van der Waals surface area contributed by atoms with Crippen molar-refractivity contribution >= 4 is 11.7 Å². The minimum Gasteiger partial charge on any atom is -0.497 e. The van der Waals surface area contributed by atoms with Gasteiger partial charge in [-0.1, -0.05) is 6.07 Å². The van der Waals surface area contributed by atoms with Gasteiger partial charge in [0.05, 0.1) is 20.1 Å². The zero-order valence-electron chi connectivity index (χ0n) is 10.5. The lowest BCUT2D eigenvalue weighted by Gasteiger charge is -2.14. The Bertz CT molecular complexity index is 365. The van der Waals surface area contributed by atoms with Crippen molar-refractivity contribution in [3.8, 4) is 5.75 Å². The Balaban J connectivity index is 2.49. The van der Waals surface area contributed by atoms with E-state index in [0.29, 0.717) is 13.0 Å². The number of anilines is 1. The molecule has 0 aromatic heterocycles. The lowest BCUT2D eigenvalue weighted by Crippen LogP contribution is -2.20. The van der Waals surface area contributed by atoms with Crippen molar-refractivity contribution in [1.29, 1.82) is 0 Å². The standard InChI is InChI=1S/C13H19NO3/c1-4-17-13(15)8-10(2)14-11-6-5-7-12(9-11)16-3/h5-7,9-10,14H,4,8H2,1-3H3. The molecule has 4 nitrogen and oxygen atoms in total. The summed E-state index contributed by atoms with van der Waals surface area (Å²) in [5.74, 6) is 0.605. The number of nitrogens with one attached hydrogen (secondary N) is 1. The van der Waals surface area contributed by atoms with E-state index in [0.717, 1.165) is 11.4 Å². The highest BCUT2D eigenvalue weighted by molar-refractivity contribution is 5.70. The lowest BCUT2D eigenvalue weighted by molar-refractivity contribution is -0.143. The molecule has 0 heterocycles. The molecular weight excluding hydrogens is 218 g/mol. The molecular formula is C13H19NO3. The van der Waals surface area contributed by atoms with Crippen LogP contribution in [0.25, 0.3) is 0 Å². The van der Waals surface area contributed by atoms with Crippen LogP contribution in [0.4, 0.5) is 5.69 Å². The molecule has 4 heteroatoms. The number of methoxy groups -OCH3 is 1. The van der Waals surface area contributed by atoms with E-state index in [1.807, 2.05) is 31.2 Å². The van der Waals surface area contributed by atoms with E-state index >= 15 is 0 Å². The number of carbonyl (C=O) groups excluding carboxylic acids is 1. The van der Waals surface area contributed by atoms with Crippen LogP contribution >= 0.6 is 0 Å². The third kappa shape index (κ3) is 4.76. The van der Waals surface area contributed by atoms with Crippen molar-refractivity contribution < 1.29 is 14.3 Å². The largest absolute Gasteiger partial charge is 0.497 e. The maximum atomic E-state index is 11.3. The predicted octanol–water partition coefficient (Wildman–Crippen LogP) is 2.45. The summed E-state index contributed by atoms with van der Waals surface area (Å²) in [6.45, 7) is 4.17. The van der Waals surface area contributed by atoms with Gasteiger partial charge in [0.2, 0.25) is 0 Å². The maximum absolute atomic E-state index is 11.3. The quantitative estimate of drug-likeness (QED) is 0.772. The molecule has 1 aromatic carbocycles. The summed E-state index contributed by atoms with van der Waals surface area (Å²) in [7, 11) is 1.63. The first-order valence-corrected chi connectivity index (χ1v) is 5.72. The molecule has 0 aliphatic carbocycles. The van der Waals surface area contributed by atoms with Gasteiger partial charge in [0.25, 0.3) is 0 Å². The molecule has 94 valence electrons. The summed E-state index contributed by atoms with van der Waals surface area (Å²) in [4.78, 5) is 11.3. The van der Waals surface area contributed by atoms with Gasteiger partial charge in [-0.25, -0.2) is 0 Å². The number of ether oxygens (including phenoxy) is 2. The van der Waals surface area contributed by atoms with Gasteiger partial charge in [0, 0.05) is 17.8 Å². The van der Waals surface area contributed by atoms with Crippen LogP contribution in [0.5, 0.6) is 5.75 Å². The predicted molar refractivity (Wildman–Crippen MR) is 67.3 cm³/mol. The zero-order chi connectivity index (χ0) is 12.7. The summed E-state index contributed by atoms with van der Waals surface area (Å²) in [5.41, 5.74) is 0.932. The van der Waals surface area contributed by atoms with Crippen LogP contribution in [-0.4, -0.2) is 25.7 Å². The molecule has 0 amide bonds. The van der Waals surface area contributed by atoms with Crippen LogP contribution in [0.15, 0.2) is 24.3 Å². The molecule has 0 fully saturated rings. The van der Waals surface area contributed by atoms with Gasteiger partial charge in [-0.15, -0.1) is 0 Å². The number of hydrogen-bond acceptors (Lipinski definition) is 4. The molecule has 0 saturated heterocycles. The maximum Gasteiger partial charge on any atom is 0.307 e. The van der Waals surface area contributed by atoms with Crippen LogP contribution < -0.4 is 10.1 Å². The monoisotopic (exact) mass is 237 g/mol. The highest BCUT2D eigenvalue weighted by atomic mass is 16.5. The van der Waals surface area contributed by atoms with Crippen molar-refractivity contribution in [2.24, 2.45) is 0 Å². The van der Waals surface area contributed by atoms with Crippen molar-refractivity contribution in [2.75, 3.05) is 19.0 Å². The van der Waals surface area contributed by atoms with E-state index in [4.69, 9.17) is 9.47 Å². The van der Waals surface area contributed by atoms with E-state index in [-0.39, 0.29) is 12.0 Å². The Morgan fingerprint density at radius 2 is 2.24 bits per heavy atom. The molecule has 0 spiro atoms. The van der Waals surface area contributed by atoms with Gasteiger partial charge >= 0.3 is 5.97 Å². The van der Waals surface area contributed by atoms with Gasteiger partial charge < -0.3 is 14.8 Å². The molecule has 0 bridgehead atoms. The van der Waals surface area contributed by atoms with Crippen LogP contribution in [0.3, 0.4) is 0 Å². The molecule has 0 saturated carbocycles. The molecule has 1 rings (SSSR count). The first-order chi connectivity index (χ1) is 8.15. The second-order valence-electron chi connectivity index (χ2n) is 3.79. The van der Waals surface area contributed by atoms with Gasteiger partial charge in [-0.3, -0.25) is 4.79 Å². The van der Waals surface area contributed by atoms with Crippen molar-refractivity contribution in [1.82, 2.24) is 0 Å². The van der Waals surface area contributed by atoms with Gasteiger partial charge in [-0.05, 0) is 26.0 Å². The highest BCUT2D eigenvalue weighted by Crippen LogP contribution is 2.17. The molecule has 1 atom stereocenters. The minimum absolute atomic E-state index is 0.0288. The topological polar surface area (TPSA) is 47.6 Å². The third-order valence-electron chi connectivity index (χ3n) is 2.26. The summed E-state index contributed by atoms with van der Waals surface area (Å²) in [6.07, 6.45) is 0.352. The third-order valence-corrected chi connectivity index (χ3v) is 2.26. The normalized spacial score (nSPS) is 11.7. The van der Waals surface area contributed by atoms with Crippen LogP contribution in [0, 0.1) is 0 Å². The summed E-state index contributed by atoms with van der Waals surface area (Å²) < 4.78 is 10.0. The Hall–Kier alpha value is -1.71. The Morgan fingerprint density at radius 1 is 1.47 bits per heavy atom. The van der Waals surface area contributed by atoms with Crippen molar-refractivity contribution in [3.63, 3.8) is 0 Å². The van der Waals surface area contributed by atoms with Crippen LogP contribution in [-0.2, 0) is 9.53 Å². The lowest BCUT2D eigenvalue weighted by atomic mass is 10.2. The summed E-state index contributed by atoms with van der Waals surface area (Å²) >= 11 is 0. The second-order valence-corrected chi connectivity index (χ2v) is 3.79. The number of rotatable bonds is 6. The van der Waals surface area contributed by atoms with Crippen molar-refractivity contribution in [3.05, 3.63) is 24.3 Å². The van der Waals surface area contributed by atoms with Crippen LogP contribution in [0.2, 0.25) is 0 Å². The molecule has 1 N–H and O–H groups in total. The fourth-order valence-corrected chi connectivity index (χ4v) is 1.52. The highest BCUT2D eigenvalue weighted by Gasteiger charge is 2.09. The fourth-order valence-electron chi connectivity index (χ4n) is 1.52. The number of benzene rings is 1. The van der Waals surface area contributed by atoms with Gasteiger partial charge in [-0.2, -0.15) is 0 Å². The summed E-state index contributed by atoms with van der Waals surface area (Å²) in [5, 5.41) is 3.23. The Labute approximate surface area is 102 Å². The van der Waals surface area contributed by atoms with Gasteiger partial charge in [0.15, 0.2) is 0 Å². The smallest absolute Gasteiger partial charge is 0.307 e. The SMILES string of the molecule is CCOC(=O)CC(C)Nc1cccc(OC)c1. The number of esters is 1. The average molecular weight is 237 g/mol. The van der Waals surface area contributed by atoms with E-state index < -0.39 is 0 Å². The number of hydrogen-bond donors (Lipinski definition) is 1. The molecule has 0 radical (unpaired) electrons. The first kappa shape index (κ1) is 13.4. The number of carbonyl (C=O) groups is 1. The molecule has 17 heavy (non-hydrogen) atoms. The summed E-state index contributed by atoms with van der Waals surface area (Å²) in [6, 6.07) is 7.63. The molecule has 0 aliphatic heterocycles. The average Bonchev–Trinajstić information content (AvgIpc) is 2.29. The molecule has 1 aromatic rings. The van der Waals surface area contributed by atoms with Crippen LogP contribution in [0.1, 0.15) is 20.3 Å². The van der Waals surface area contributed by atoms with Crippen molar-refractivity contribution in [2.45, 2.75) is 26.3 Å². The Morgan fingerprint density at radius 3 is 2.88 bits per heavy atom. The Kier molecular flexibility index (Phi) is 5.33. The van der Waals surface area contributed by atoms with E-state index in [9.17, 15) is 4.79 Å². The van der Waals surface area contributed by atoms with E-state index in [2.05, 4.69) is 5.32 Å². The molecule has 0 aliphatic rings.